The van der Waals surface area contributed by atoms with E-state index in [0.29, 0.717) is 29.3 Å². The first-order valence-electron chi connectivity index (χ1n) is 9.44. The van der Waals surface area contributed by atoms with Crippen LogP contribution in [0.4, 0.5) is 18.0 Å². The molecule has 1 aliphatic rings. The third kappa shape index (κ3) is 5.44. The van der Waals surface area contributed by atoms with Gasteiger partial charge in [0.1, 0.15) is 0 Å². The summed E-state index contributed by atoms with van der Waals surface area (Å²) >= 11 is 6.21. The van der Waals surface area contributed by atoms with Gasteiger partial charge in [-0.25, -0.2) is 4.79 Å². The van der Waals surface area contributed by atoms with Crippen LogP contribution in [-0.4, -0.2) is 35.8 Å². The molecule has 0 bridgehead atoms. The molecule has 0 fully saturated rings. The fourth-order valence-electron chi connectivity index (χ4n) is 3.13. The number of benzene rings is 2. The Morgan fingerprint density at radius 2 is 1.93 bits per heavy atom. The van der Waals surface area contributed by atoms with E-state index in [1.807, 2.05) is 18.2 Å². The Balaban J connectivity index is 1.68. The van der Waals surface area contributed by atoms with Gasteiger partial charge in [-0.3, -0.25) is 0 Å². The zero-order valence-corrected chi connectivity index (χ0v) is 17.0. The van der Waals surface area contributed by atoms with E-state index in [-0.39, 0.29) is 25.2 Å². The second-order valence-corrected chi connectivity index (χ2v) is 7.27. The van der Waals surface area contributed by atoms with Crippen LogP contribution in [0.15, 0.2) is 53.7 Å². The third-order valence-electron chi connectivity index (χ3n) is 4.61. The minimum atomic E-state index is -4.40. The van der Waals surface area contributed by atoms with Crippen LogP contribution in [0.2, 0.25) is 5.02 Å². The van der Waals surface area contributed by atoms with Crippen molar-refractivity contribution >= 4 is 23.3 Å². The Hall–Kier alpha value is -2.74. The number of hydrogen-bond donors (Lipinski definition) is 1. The topological polar surface area (TPSA) is 53.9 Å². The van der Waals surface area contributed by atoms with Crippen LogP contribution >= 0.6 is 11.6 Å². The van der Waals surface area contributed by atoms with E-state index in [0.717, 1.165) is 17.7 Å². The molecule has 0 unspecified atom stereocenters. The van der Waals surface area contributed by atoms with Gasteiger partial charge < -0.3 is 15.1 Å². The number of hydrogen-bond acceptors (Lipinski definition) is 3. The Morgan fingerprint density at radius 1 is 1.23 bits per heavy atom. The van der Waals surface area contributed by atoms with Crippen molar-refractivity contribution in [1.29, 1.82) is 0 Å². The third-order valence-corrected chi connectivity index (χ3v) is 4.94. The zero-order valence-electron chi connectivity index (χ0n) is 16.2. The van der Waals surface area contributed by atoms with Crippen molar-refractivity contribution in [2.75, 3.05) is 13.1 Å². The van der Waals surface area contributed by atoms with Crippen LogP contribution < -0.4 is 5.32 Å². The van der Waals surface area contributed by atoms with E-state index in [9.17, 15) is 18.0 Å². The highest BCUT2D eigenvalue weighted by molar-refractivity contribution is 6.34. The van der Waals surface area contributed by atoms with Crippen molar-refractivity contribution in [3.05, 3.63) is 70.2 Å². The van der Waals surface area contributed by atoms with Crippen LogP contribution in [0, 0.1) is 0 Å². The van der Waals surface area contributed by atoms with Gasteiger partial charge >= 0.3 is 12.2 Å². The molecule has 30 heavy (non-hydrogen) atoms. The van der Waals surface area contributed by atoms with Gasteiger partial charge in [0.05, 0.1) is 17.8 Å². The summed E-state index contributed by atoms with van der Waals surface area (Å²) in [5, 5.41) is 7.38. The highest BCUT2D eigenvalue weighted by Crippen LogP contribution is 2.29. The van der Waals surface area contributed by atoms with Gasteiger partial charge in [0, 0.05) is 30.1 Å². The molecule has 160 valence electrons. The normalized spacial score (nSPS) is 16.0. The maximum atomic E-state index is 12.8. The van der Waals surface area contributed by atoms with Crippen LogP contribution in [0.3, 0.4) is 0 Å². The predicted molar refractivity (Wildman–Crippen MR) is 108 cm³/mol. The first kappa shape index (κ1) is 22.0. The molecule has 1 heterocycles. The average molecular weight is 440 g/mol. The molecule has 1 aliphatic heterocycles. The molecule has 2 aromatic rings. The van der Waals surface area contributed by atoms with Crippen LogP contribution in [0.25, 0.3) is 0 Å². The van der Waals surface area contributed by atoms with Crippen molar-refractivity contribution in [2.24, 2.45) is 5.16 Å². The number of urea groups is 1. The largest absolute Gasteiger partial charge is 0.416 e. The number of alkyl halides is 3. The number of nitrogens with zero attached hydrogens (tertiary/aromatic N) is 2. The molecule has 0 aliphatic carbocycles. The van der Waals surface area contributed by atoms with E-state index in [4.69, 9.17) is 16.4 Å². The summed E-state index contributed by atoms with van der Waals surface area (Å²) in [5.74, 6) is 0. The van der Waals surface area contributed by atoms with Crippen molar-refractivity contribution in [2.45, 2.75) is 32.2 Å². The van der Waals surface area contributed by atoms with E-state index >= 15 is 0 Å². The van der Waals surface area contributed by atoms with Gasteiger partial charge in [0.25, 0.3) is 0 Å². The zero-order chi connectivity index (χ0) is 21.7. The molecule has 1 atom stereocenters. The highest BCUT2D eigenvalue weighted by Gasteiger charge is 2.31. The molecule has 0 saturated heterocycles. The average Bonchev–Trinajstić information content (AvgIpc) is 3.16. The van der Waals surface area contributed by atoms with E-state index < -0.39 is 11.7 Å². The van der Waals surface area contributed by atoms with E-state index in [1.165, 1.54) is 17.0 Å². The Labute approximate surface area is 177 Å². The standard InChI is InChI=1S/C21H21ClF3N3O2/c1-2-26-20(29)28(12-14-7-9-15(10-8-14)21(23,24)25)13-16-11-19(27-30-16)17-5-3-4-6-18(17)22/h3-10,16H,2,11-13H2,1H3,(H,26,29)/t16-/m1/s1. The van der Waals surface area contributed by atoms with Crippen molar-refractivity contribution in [1.82, 2.24) is 10.2 Å². The summed E-state index contributed by atoms with van der Waals surface area (Å²) in [6, 6.07) is 11.7. The summed E-state index contributed by atoms with van der Waals surface area (Å²) < 4.78 is 38.3. The lowest BCUT2D eigenvalue weighted by molar-refractivity contribution is -0.137. The lowest BCUT2D eigenvalue weighted by atomic mass is 10.0. The molecule has 3 rings (SSSR count). The maximum absolute atomic E-state index is 12.8. The molecule has 2 amide bonds. The number of amides is 2. The minimum absolute atomic E-state index is 0.144. The van der Waals surface area contributed by atoms with Gasteiger partial charge in [-0.05, 0) is 30.7 Å². The van der Waals surface area contributed by atoms with E-state index in [2.05, 4.69) is 10.5 Å². The lowest BCUT2D eigenvalue weighted by Crippen LogP contribution is -2.43. The number of halogens is 4. The number of carbonyl (C=O) groups excluding carboxylic acids is 1. The van der Waals surface area contributed by atoms with Crippen molar-refractivity contribution in [3.8, 4) is 0 Å². The molecule has 2 aromatic carbocycles. The fraction of sp³-hybridized carbons (Fsp3) is 0.333. The molecule has 5 nitrogen and oxygen atoms in total. The first-order chi connectivity index (χ1) is 14.3. The molecule has 1 N–H and O–H groups in total. The minimum Gasteiger partial charge on any atom is -0.390 e. The number of carbonyl (C=O) groups is 1. The Morgan fingerprint density at radius 3 is 2.57 bits per heavy atom. The summed E-state index contributed by atoms with van der Waals surface area (Å²) in [4.78, 5) is 19.5. The first-order valence-corrected chi connectivity index (χ1v) is 9.82. The molecular formula is C21H21ClF3N3O2. The summed E-state index contributed by atoms with van der Waals surface area (Å²) in [6.45, 7) is 2.59. The molecule has 9 heteroatoms. The second kappa shape index (κ2) is 9.38. The van der Waals surface area contributed by atoms with Gasteiger partial charge in [-0.1, -0.05) is 47.1 Å². The molecule has 0 spiro atoms. The molecule has 0 saturated carbocycles. The predicted octanol–water partition coefficient (Wildman–Crippen LogP) is 5.08. The summed E-state index contributed by atoms with van der Waals surface area (Å²) in [6.07, 6.45) is -4.32. The van der Waals surface area contributed by atoms with Gasteiger partial charge in [-0.15, -0.1) is 0 Å². The summed E-state index contributed by atoms with van der Waals surface area (Å²) in [5.41, 5.74) is 1.32. The monoisotopic (exact) mass is 439 g/mol. The van der Waals surface area contributed by atoms with E-state index in [1.54, 1.807) is 13.0 Å². The second-order valence-electron chi connectivity index (χ2n) is 6.86. The fourth-order valence-corrected chi connectivity index (χ4v) is 3.37. The Bertz CT molecular complexity index is 916. The lowest BCUT2D eigenvalue weighted by Gasteiger charge is -2.25. The smallest absolute Gasteiger partial charge is 0.390 e. The molecule has 0 radical (unpaired) electrons. The van der Waals surface area contributed by atoms with Crippen LogP contribution in [0.1, 0.15) is 30.0 Å². The number of oxime groups is 1. The Kier molecular flexibility index (Phi) is 6.87. The highest BCUT2D eigenvalue weighted by atomic mass is 35.5. The van der Waals surface area contributed by atoms with Crippen LogP contribution in [-0.2, 0) is 17.6 Å². The quantitative estimate of drug-likeness (QED) is 0.682. The molecule has 0 aromatic heterocycles. The molecular weight excluding hydrogens is 419 g/mol. The van der Waals surface area contributed by atoms with Gasteiger partial charge in [0.2, 0.25) is 0 Å². The van der Waals surface area contributed by atoms with Crippen LogP contribution in [0.5, 0.6) is 0 Å². The summed E-state index contributed by atoms with van der Waals surface area (Å²) in [7, 11) is 0. The number of nitrogens with one attached hydrogen (secondary N) is 1. The SMILES string of the molecule is CCNC(=O)N(Cc1ccc(C(F)(F)F)cc1)C[C@H]1CC(c2ccccc2Cl)=NO1. The van der Waals surface area contributed by atoms with Gasteiger partial charge in [0.15, 0.2) is 6.10 Å². The van der Waals surface area contributed by atoms with Crippen molar-refractivity contribution < 1.29 is 22.8 Å². The van der Waals surface area contributed by atoms with Gasteiger partial charge in [-0.2, -0.15) is 13.2 Å². The van der Waals surface area contributed by atoms with Crippen molar-refractivity contribution in [3.63, 3.8) is 0 Å². The maximum Gasteiger partial charge on any atom is 0.416 e. The number of rotatable bonds is 6.